The van der Waals surface area contributed by atoms with Gasteiger partial charge in [-0.3, -0.25) is 9.59 Å². The highest BCUT2D eigenvalue weighted by atomic mass is 32.2. The molecule has 0 saturated carbocycles. The summed E-state index contributed by atoms with van der Waals surface area (Å²) in [5.74, 6) is -1.98. The number of carbonyl (C=O) groups excluding carboxylic acids is 3. The van der Waals surface area contributed by atoms with E-state index in [0.717, 1.165) is 0 Å². The van der Waals surface area contributed by atoms with Crippen molar-refractivity contribution >= 4 is 33.8 Å². The molecule has 8 nitrogen and oxygen atoms in total. The van der Waals surface area contributed by atoms with Crippen molar-refractivity contribution in [1.29, 1.82) is 0 Å². The van der Waals surface area contributed by atoms with Crippen molar-refractivity contribution in [1.82, 2.24) is 4.31 Å². The van der Waals surface area contributed by atoms with Crippen molar-refractivity contribution in [3.05, 3.63) is 65.2 Å². The van der Waals surface area contributed by atoms with Crippen LogP contribution in [0.1, 0.15) is 22.8 Å². The summed E-state index contributed by atoms with van der Waals surface area (Å²) >= 11 is 0. The smallest absolute Gasteiger partial charge is 0.341 e. The quantitative estimate of drug-likeness (QED) is 0.287. The maximum absolute atomic E-state index is 12.9. The van der Waals surface area contributed by atoms with Gasteiger partial charge in [0.1, 0.15) is 22.8 Å². The number of carbonyl (C=O) groups is 3. The topological polar surface area (TPSA) is 107 Å². The minimum Gasteiger partial charge on any atom is -0.497 e. The van der Waals surface area contributed by atoms with E-state index in [1.54, 1.807) is 31.2 Å². The maximum atomic E-state index is 12.9. The molecule has 0 N–H and O–H groups in total. The van der Waals surface area contributed by atoms with Crippen molar-refractivity contribution < 1.29 is 32.3 Å². The van der Waals surface area contributed by atoms with Gasteiger partial charge in [-0.25, -0.2) is 17.5 Å². The van der Waals surface area contributed by atoms with Crippen LogP contribution in [0.15, 0.2) is 59.0 Å². The Morgan fingerprint density at radius 2 is 1.73 bits per heavy atom. The fourth-order valence-electron chi connectivity index (χ4n) is 2.93. The molecule has 1 heterocycles. The molecule has 0 fully saturated rings. The molecule has 0 spiro atoms. The predicted octanol–water partition coefficient (Wildman–Crippen LogP) is 2.06. The Balaban J connectivity index is 1.93. The normalized spacial score (nSPS) is 14.9. The molecule has 0 aromatic heterocycles. The molecule has 1 aliphatic rings. The Labute approximate surface area is 173 Å². The summed E-state index contributed by atoms with van der Waals surface area (Å²) in [5.41, 5.74) is 0.134. The number of fused-ring (bicyclic) bond motifs is 1. The minimum atomic E-state index is -4.18. The molecule has 0 unspecified atom stereocenters. The largest absolute Gasteiger partial charge is 0.497 e. The first-order chi connectivity index (χ1) is 14.3. The third kappa shape index (κ3) is 3.97. The molecule has 0 aliphatic carbocycles. The van der Waals surface area contributed by atoms with Crippen LogP contribution >= 0.6 is 0 Å². The van der Waals surface area contributed by atoms with Gasteiger partial charge in [0.25, 0.3) is 15.9 Å². The van der Waals surface area contributed by atoms with Crippen molar-refractivity contribution in [2.45, 2.75) is 11.8 Å². The molecular formula is C21H19NO7S. The van der Waals surface area contributed by atoms with E-state index >= 15 is 0 Å². The second kappa shape index (κ2) is 8.50. The van der Waals surface area contributed by atoms with E-state index in [2.05, 4.69) is 0 Å². The van der Waals surface area contributed by atoms with Crippen LogP contribution in [-0.2, 0) is 24.3 Å². The number of amides is 1. The van der Waals surface area contributed by atoms with Crippen molar-refractivity contribution in [2.24, 2.45) is 0 Å². The lowest BCUT2D eigenvalue weighted by Gasteiger charge is -2.15. The SMILES string of the molecule is CCOC(=O)C(=Cc1ccc(OC)cc1)C(=O)CN1C(=O)c2ccccc2S1(=O)=O. The highest BCUT2D eigenvalue weighted by Crippen LogP contribution is 2.30. The number of hydrogen-bond donors (Lipinski definition) is 0. The highest BCUT2D eigenvalue weighted by molar-refractivity contribution is 7.90. The van der Waals surface area contributed by atoms with Crippen LogP contribution in [0.5, 0.6) is 5.75 Å². The van der Waals surface area contributed by atoms with Gasteiger partial charge in [0, 0.05) is 0 Å². The molecule has 1 amide bonds. The summed E-state index contributed by atoms with van der Waals surface area (Å²) in [4.78, 5) is 37.6. The van der Waals surface area contributed by atoms with E-state index in [9.17, 15) is 22.8 Å². The van der Waals surface area contributed by atoms with Crippen LogP contribution in [0.4, 0.5) is 0 Å². The molecular weight excluding hydrogens is 410 g/mol. The zero-order chi connectivity index (χ0) is 21.9. The summed E-state index contributed by atoms with van der Waals surface area (Å²) in [6.45, 7) is 0.799. The summed E-state index contributed by atoms with van der Waals surface area (Å²) in [5, 5.41) is 0. The summed E-state index contributed by atoms with van der Waals surface area (Å²) in [6.07, 6.45) is 1.29. The van der Waals surface area contributed by atoms with Crippen LogP contribution in [0, 0.1) is 0 Å². The number of ether oxygens (including phenoxy) is 2. The Hall–Kier alpha value is -3.46. The number of sulfonamides is 1. The van der Waals surface area contributed by atoms with E-state index in [1.807, 2.05) is 0 Å². The predicted molar refractivity (Wildman–Crippen MR) is 107 cm³/mol. The van der Waals surface area contributed by atoms with Gasteiger partial charge in [-0.05, 0) is 42.8 Å². The van der Waals surface area contributed by atoms with Gasteiger partial charge in [0.05, 0.1) is 19.3 Å². The zero-order valence-electron chi connectivity index (χ0n) is 16.3. The lowest BCUT2D eigenvalue weighted by Crippen LogP contribution is -2.36. The Kier molecular flexibility index (Phi) is 6.02. The highest BCUT2D eigenvalue weighted by Gasteiger charge is 2.42. The van der Waals surface area contributed by atoms with E-state index in [0.29, 0.717) is 15.6 Å². The van der Waals surface area contributed by atoms with Crippen LogP contribution < -0.4 is 4.74 Å². The van der Waals surface area contributed by atoms with Gasteiger partial charge < -0.3 is 9.47 Å². The molecule has 3 rings (SSSR count). The number of Topliss-reactive ketones (excluding diaryl/α,β-unsaturated/α-hetero) is 1. The van der Waals surface area contributed by atoms with Crippen LogP contribution in [-0.4, -0.2) is 50.6 Å². The Morgan fingerprint density at radius 3 is 2.33 bits per heavy atom. The number of esters is 1. The van der Waals surface area contributed by atoms with Gasteiger partial charge in [-0.15, -0.1) is 0 Å². The first-order valence-corrected chi connectivity index (χ1v) is 10.5. The summed E-state index contributed by atoms with van der Waals surface area (Å²) in [6, 6.07) is 12.2. The number of hydrogen-bond acceptors (Lipinski definition) is 7. The molecule has 2 aromatic carbocycles. The van der Waals surface area contributed by atoms with E-state index < -0.39 is 34.2 Å². The first kappa shape index (κ1) is 21.3. The van der Waals surface area contributed by atoms with E-state index in [-0.39, 0.29) is 22.6 Å². The van der Waals surface area contributed by atoms with Gasteiger partial charge in [0.15, 0.2) is 5.78 Å². The fourth-order valence-corrected chi connectivity index (χ4v) is 4.46. The van der Waals surface area contributed by atoms with Crippen LogP contribution in [0.25, 0.3) is 6.08 Å². The van der Waals surface area contributed by atoms with Gasteiger partial charge >= 0.3 is 5.97 Å². The lowest BCUT2D eigenvalue weighted by molar-refractivity contribution is -0.139. The summed E-state index contributed by atoms with van der Waals surface area (Å²) < 4.78 is 35.8. The van der Waals surface area contributed by atoms with E-state index in [4.69, 9.17) is 9.47 Å². The second-order valence-corrected chi connectivity index (χ2v) is 8.12. The van der Waals surface area contributed by atoms with Crippen molar-refractivity contribution in [3.63, 3.8) is 0 Å². The molecule has 0 bridgehead atoms. The molecule has 1 aliphatic heterocycles. The van der Waals surface area contributed by atoms with Crippen molar-refractivity contribution in [2.75, 3.05) is 20.3 Å². The lowest BCUT2D eigenvalue weighted by atomic mass is 10.1. The van der Waals surface area contributed by atoms with Crippen LogP contribution in [0.2, 0.25) is 0 Å². The molecule has 156 valence electrons. The van der Waals surface area contributed by atoms with Crippen molar-refractivity contribution in [3.8, 4) is 5.75 Å². The third-order valence-electron chi connectivity index (χ3n) is 4.42. The number of benzene rings is 2. The maximum Gasteiger partial charge on any atom is 0.341 e. The molecule has 2 aromatic rings. The number of ketones is 1. The Bertz CT molecular complexity index is 1130. The minimum absolute atomic E-state index is 0.0119. The number of nitrogens with zero attached hydrogens (tertiary/aromatic N) is 1. The third-order valence-corrected chi connectivity index (χ3v) is 6.21. The molecule has 30 heavy (non-hydrogen) atoms. The van der Waals surface area contributed by atoms with Gasteiger partial charge in [-0.2, -0.15) is 0 Å². The number of rotatable bonds is 7. The molecule has 0 radical (unpaired) electrons. The summed E-state index contributed by atoms with van der Waals surface area (Å²) in [7, 11) is -2.67. The van der Waals surface area contributed by atoms with Gasteiger partial charge in [-0.1, -0.05) is 24.3 Å². The molecule has 0 atom stereocenters. The first-order valence-electron chi connectivity index (χ1n) is 9.01. The zero-order valence-corrected chi connectivity index (χ0v) is 17.1. The fraction of sp³-hybridized carbons (Fsp3) is 0.190. The average molecular weight is 429 g/mol. The van der Waals surface area contributed by atoms with Crippen LogP contribution in [0.3, 0.4) is 0 Å². The van der Waals surface area contributed by atoms with Gasteiger partial charge in [0.2, 0.25) is 0 Å². The second-order valence-electron chi connectivity index (χ2n) is 6.29. The molecule has 9 heteroatoms. The molecule has 0 saturated heterocycles. The standard InChI is InChI=1S/C21H19NO7S/c1-3-29-21(25)17(12-14-8-10-15(28-2)11-9-14)18(23)13-22-20(24)16-6-4-5-7-19(16)30(22,26)27/h4-12H,3,13H2,1-2H3. The average Bonchev–Trinajstić information content (AvgIpc) is 2.93. The Morgan fingerprint density at radius 1 is 1.07 bits per heavy atom. The number of methoxy groups -OCH3 is 1. The van der Waals surface area contributed by atoms with E-state index in [1.165, 1.54) is 37.5 Å². The monoisotopic (exact) mass is 429 g/mol.